The maximum atomic E-state index is 12.6. The summed E-state index contributed by atoms with van der Waals surface area (Å²) in [7, 11) is -3.51. The van der Waals surface area contributed by atoms with Gasteiger partial charge in [-0.2, -0.15) is 5.10 Å². The maximum Gasteiger partial charge on any atom is 0.241 e. The minimum atomic E-state index is -3.51. The molecule has 1 saturated heterocycles. The van der Waals surface area contributed by atoms with Crippen LogP contribution >= 0.6 is 11.3 Å². The third kappa shape index (κ3) is 4.04. The number of H-pyrrole nitrogens is 1. The zero-order chi connectivity index (χ0) is 17.2. The number of aryl methyl sites for hydroxylation is 2. The van der Waals surface area contributed by atoms with Crippen molar-refractivity contribution in [3.05, 3.63) is 22.7 Å². The number of aromatic amines is 1. The topological polar surface area (TPSA) is 87.3 Å². The molecule has 3 heterocycles. The predicted octanol–water partition coefficient (Wildman–Crippen LogP) is 1.37. The molecule has 0 bridgehead atoms. The van der Waals surface area contributed by atoms with Gasteiger partial charge in [0, 0.05) is 36.8 Å². The summed E-state index contributed by atoms with van der Waals surface area (Å²) in [6, 6.07) is 3.61. The van der Waals surface area contributed by atoms with E-state index in [9.17, 15) is 8.42 Å². The molecule has 24 heavy (non-hydrogen) atoms. The van der Waals surface area contributed by atoms with E-state index in [1.54, 1.807) is 6.07 Å². The first-order chi connectivity index (χ1) is 11.5. The minimum Gasteiger partial charge on any atom is -0.379 e. The molecule has 1 fully saturated rings. The average molecular weight is 371 g/mol. The van der Waals surface area contributed by atoms with Gasteiger partial charge in [-0.15, -0.1) is 11.3 Å². The van der Waals surface area contributed by atoms with Crippen LogP contribution in [-0.4, -0.2) is 62.9 Å². The highest BCUT2D eigenvalue weighted by molar-refractivity contribution is 7.89. The van der Waals surface area contributed by atoms with E-state index < -0.39 is 10.0 Å². The highest BCUT2D eigenvalue weighted by atomic mass is 32.2. The lowest BCUT2D eigenvalue weighted by atomic mass is 10.3. The first kappa shape index (κ1) is 17.6. The molecule has 1 aliphatic rings. The van der Waals surface area contributed by atoms with Crippen LogP contribution in [0.25, 0.3) is 10.6 Å². The number of aromatic nitrogens is 2. The van der Waals surface area contributed by atoms with Gasteiger partial charge in [-0.25, -0.2) is 13.1 Å². The molecule has 2 aromatic rings. The van der Waals surface area contributed by atoms with Gasteiger partial charge in [0.1, 0.15) is 5.69 Å². The van der Waals surface area contributed by atoms with E-state index in [-0.39, 0.29) is 0 Å². The van der Waals surface area contributed by atoms with Gasteiger partial charge < -0.3 is 4.74 Å². The first-order valence-corrected chi connectivity index (χ1v) is 10.2. The van der Waals surface area contributed by atoms with E-state index in [1.165, 1.54) is 11.3 Å². The Morgan fingerprint density at radius 2 is 2.08 bits per heavy atom. The molecule has 3 rings (SSSR count). The normalized spacial score (nSPS) is 16.6. The number of nitrogens with one attached hydrogen (secondary N) is 2. The zero-order valence-corrected chi connectivity index (χ0v) is 15.5. The van der Waals surface area contributed by atoms with Crippen molar-refractivity contribution in [3.63, 3.8) is 0 Å². The van der Waals surface area contributed by atoms with E-state index in [0.717, 1.165) is 34.2 Å². The SMILES string of the molecule is Cc1cc(-c2cc(S(=O)(=O)NCCN3CCOCC3)c(C)s2)n[nH]1. The number of sulfonamides is 1. The number of thiophene rings is 1. The summed E-state index contributed by atoms with van der Waals surface area (Å²) in [6.07, 6.45) is 0. The van der Waals surface area contributed by atoms with Crippen LogP contribution in [0.1, 0.15) is 10.6 Å². The van der Waals surface area contributed by atoms with Gasteiger partial charge in [0.25, 0.3) is 0 Å². The third-order valence-electron chi connectivity index (χ3n) is 3.94. The molecule has 0 saturated carbocycles. The van der Waals surface area contributed by atoms with Crippen LogP contribution in [0.5, 0.6) is 0 Å². The summed E-state index contributed by atoms with van der Waals surface area (Å²) in [5.74, 6) is 0. The molecule has 0 spiro atoms. The Morgan fingerprint density at radius 1 is 1.33 bits per heavy atom. The van der Waals surface area contributed by atoms with Gasteiger partial charge in [0.05, 0.1) is 23.0 Å². The largest absolute Gasteiger partial charge is 0.379 e. The van der Waals surface area contributed by atoms with Crippen LogP contribution in [0.15, 0.2) is 17.0 Å². The fourth-order valence-electron chi connectivity index (χ4n) is 2.64. The third-order valence-corrected chi connectivity index (χ3v) is 6.73. The number of hydrogen-bond acceptors (Lipinski definition) is 6. The lowest BCUT2D eigenvalue weighted by Crippen LogP contribution is -2.41. The number of morpholine rings is 1. The van der Waals surface area contributed by atoms with Crippen LogP contribution in [0.3, 0.4) is 0 Å². The molecular weight excluding hydrogens is 348 g/mol. The highest BCUT2D eigenvalue weighted by Gasteiger charge is 2.21. The van der Waals surface area contributed by atoms with Gasteiger partial charge in [0.2, 0.25) is 10.0 Å². The molecule has 0 aliphatic carbocycles. The fourth-order valence-corrected chi connectivity index (χ4v) is 5.21. The number of ether oxygens (including phenoxy) is 1. The van der Waals surface area contributed by atoms with Crippen LogP contribution in [0.2, 0.25) is 0 Å². The van der Waals surface area contributed by atoms with Crippen molar-refractivity contribution in [2.24, 2.45) is 0 Å². The Bertz CT molecular complexity index is 792. The van der Waals surface area contributed by atoms with Crippen molar-refractivity contribution in [1.82, 2.24) is 19.8 Å². The van der Waals surface area contributed by atoms with E-state index in [2.05, 4.69) is 19.8 Å². The van der Waals surface area contributed by atoms with E-state index >= 15 is 0 Å². The van der Waals surface area contributed by atoms with Crippen LogP contribution in [-0.2, 0) is 14.8 Å². The van der Waals surface area contributed by atoms with Crippen LogP contribution in [0, 0.1) is 13.8 Å². The van der Waals surface area contributed by atoms with Crippen molar-refractivity contribution in [3.8, 4) is 10.6 Å². The van der Waals surface area contributed by atoms with Crippen molar-refractivity contribution in [1.29, 1.82) is 0 Å². The maximum absolute atomic E-state index is 12.6. The molecule has 7 nitrogen and oxygen atoms in total. The Morgan fingerprint density at radius 3 is 2.75 bits per heavy atom. The number of rotatable bonds is 6. The molecule has 2 aromatic heterocycles. The summed E-state index contributed by atoms with van der Waals surface area (Å²) in [5, 5.41) is 7.08. The molecule has 0 atom stereocenters. The van der Waals surface area contributed by atoms with Gasteiger partial charge in [-0.1, -0.05) is 0 Å². The molecule has 0 unspecified atom stereocenters. The Kier molecular flexibility index (Phi) is 5.36. The number of nitrogens with zero attached hydrogens (tertiary/aromatic N) is 2. The smallest absolute Gasteiger partial charge is 0.241 e. The molecule has 0 aromatic carbocycles. The van der Waals surface area contributed by atoms with Gasteiger partial charge in [0.15, 0.2) is 0 Å². The van der Waals surface area contributed by atoms with Gasteiger partial charge in [-0.3, -0.25) is 10.00 Å². The summed E-state index contributed by atoms with van der Waals surface area (Å²) in [6.45, 7) is 7.95. The van der Waals surface area contributed by atoms with Crippen molar-refractivity contribution >= 4 is 21.4 Å². The second kappa shape index (κ2) is 7.32. The van der Waals surface area contributed by atoms with E-state index in [0.29, 0.717) is 31.2 Å². The first-order valence-electron chi connectivity index (χ1n) is 7.88. The Labute approximate surface area is 146 Å². The fraction of sp³-hybridized carbons (Fsp3) is 0.533. The Balaban J connectivity index is 1.66. The van der Waals surface area contributed by atoms with Crippen molar-refractivity contribution < 1.29 is 13.2 Å². The second-order valence-electron chi connectivity index (χ2n) is 5.82. The van der Waals surface area contributed by atoms with Crippen molar-refractivity contribution in [2.75, 3.05) is 39.4 Å². The summed E-state index contributed by atoms with van der Waals surface area (Å²) < 4.78 is 33.1. The lowest BCUT2D eigenvalue weighted by molar-refractivity contribution is 0.0390. The molecule has 9 heteroatoms. The van der Waals surface area contributed by atoms with Crippen molar-refractivity contribution in [2.45, 2.75) is 18.7 Å². The summed E-state index contributed by atoms with van der Waals surface area (Å²) in [5.41, 5.74) is 1.72. The standard InChI is InChI=1S/C15H22N4O3S2/c1-11-9-13(18-17-11)14-10-15(12(2)23-14)24(20,21)16-3-4-19-5-7-22-8-6-19/h9-10,16H,3-8H2,1-2H3,(H,17,18). The minimum absolute atomic E-state index is 0.338. The average Bonchev–Trinajstić information content (AvgIpc) is 3.14. The number of hydrogen-bond donors (Lipinski definition) is 2. The lowest BCUT2D eigenvalue weighted by Gasteiger charge is -2.26. The van der Waals surface area contributed by atoms with Gasteiger partial charge >= 0.3 is 0 Å². The second-order valence-corrected chi connectivity index (χ2v) is 8.81. The van der Waals surface area contributed by atoms with Crippen LogP contribution in [0.4, 0.5) is 0 Å². The molecular formula is C15H22N4O3S2. The van der Waals surface area contributed by atoms with E-state index in [1.807, 2.05) is 19.9 Å². The quantitative estimate of drug-likeness (QED) is 0.802. The van der Waals surface area contributed by atoms with Gasteiger partial charge in [-0.05, 0) is 26.0 Å². The monoisotopic (exact) mass is 370 g/mol. The van der Waals surface area contributed by atoms with E-state index in [4.69, 9.17) is 4.74 Å². The summed E-state index contributed by atoms with van der Waals surface area (Å²) >= 11 is 1.44. The summed E-state index contributed by atoms with van der Waals surface area (Å²) in [4.78, 5) is 4.16. The molecule has 2 N–H and O–H groups in total. The molecule has 0 radical (unpaired) electrons. The molecule has 1 aliphatic heterocycles. The Hall–Kier alpha value is -1.26. The highest BCUT2D eigenvalue weighted by Crippen LogP contribution is 2.32. The van der Waals surface area contributed by atoms with Crippen LogP contribution < -0.4 is 4.72 Å². The zero-order valence-electron chi connectivity index (χ0n) is 13.8. The molecule has 0 amide bonds. The predicted molar refractivity (Wildman–Crippen MR) is 93.8 cm³/mol. The molecule has 132 valence electrons.